The summed E-state index contributed by atoms with van der Waals surface area (Å²) >= 11 is 0. The predicted octanol–water partition coefficient (Wildman–Crippen LogP) is 2.97. The van der Waals surface area contributed by atoms with Crippen LogP contribution in [0.4, 0.5) is 0 Å². The van der Waals surface area contributed by atoms with Crippen molar-refractivity contribution in [1.82, 2.24) is 4.90 Å². The molecule has 4 atom stereocenters. The van der Waals surface area contributed by atoms with Crippen LogP contribution in [0.1, 0.15) is 76.3 Å². The number of fused-ring (bicyclic) bond motifs is 3. The molecule has 2 aliphatic carbocycles. The number of hydrogen-bond donors (Lipinski definition) is 2. The summed E-state index contributed by atoms with van der Waals surface area (Å²) in [5.74, 6) is -0.187. The van der Waals surface area contributed by atoms with Crippen molar-refractivity contribution in [2.24, 2.45) is 5.41 Å². The first kappa shape index (κ1) is 28.3. The van der Waals surface area contributed by atoms with Crippen molar-refractivity contribution in [2.75, 3.05) is 33.6 Å². The standard InChI is InChI=1S/C31H41NO9/c1-28(2,35)16-31(36,15-24(33)38-17-29(3)8-9-29)27(34)41-26-23(37-4)14-30-7-5-10-32(30)11-6-19-12-21-22(40-18-39-21)13-20(19)25(26)30/h12-14,25-26,35-36H,5-11,15-18H2,1-4H3/t25-,26?,30?,31+/m1/s1. The van der Waals surface area contributed by atoms with E-state index in [9.17, 15) is 19.8 Å². The summed E-state index contributed by atoms with van der Waals surface area (Å²) in [5, 5.41) is 22.3. The van der Waals surface area contributed by atoms with E-state index in [1.54, 1.807) is 7.11 Å². The summed E-state index contributed by atoms with van der Waals surface area (Å²) in [6.07, 6.45) is 4.75. The molecule has 1 saturated heterocycles. The molecule has 2 N–H and O–H groups in total. The summed E-state index contributed by atoms with van der Waals surface area (Å²) in [6.45, 7) is 7.09. The monoisotopic (exact) mass is 571 g/mol. The molecular formula is C31H41NO9. The lowest BCUT2D eigenvalue weighted by molar-refractivity contribution is -0.184. The van der Waals surface area contributed by atoms with E-state index < -0.39 is 47.6 Å². The minimum atomic E-state index is -2.30. The molecular weight excluding hydrogens is 530 g/mol. The quantitative estimate of drug-likeness (QED) is 0.428. The number of aliphatic hydroxyl groups is 2. The van der Waals surface area contributed by atoms with Crippen LogP contribution in [0.15, 0.2) is 24.0 Å². The van der Waals surface area contributed by atoms with E-state index in [2.05, 4.69) is 11.0 Å². The first-order valence-electron chi connectivity index (χ1n) is 14.6. The largest absolute Gasteiger partial charge is 0.497 e. The molecule has 0 radical (unpaired) electrons. The molecule has 0 aromatic heterocycles. The van der Waals surface area contributed by atoms with Crippen molar-refractivity contribution in [2.45, 2.75) is 94.5 Å². The Morgan fingerprint density at radius 3 is 2.54 bits per heavy atom. The molecule has 224 valence electrons. The number of nitrogens with zero attached hydrogens (tertiary/aromatic N) is 1. The second kappa shape index (κ2) is 9.88. The van der Waals surface area contributed by atoms with Gasteiger partial charge in [-0.05, 0) is 81.8 Å². The van der Waals surface area contributed by atoms with E-state index in [1.807, 2.05) is 19.1 Å². The van der Waals surface area contributed by atoms with Gasteiger partial charge < -0.3 is 33.9 Å². The van der Waals surface area contributed by atoms with Gasteiger partial charge in [-0.2, -0.15) is 0 Å². The van der Waals surface area contributed by atoms with Gasteiger partial charge >= 0.3 is 11.9 Å². The van der Waals surface area contributed by atoms with Crippen LogP contribution >= 0.6 is 0 Å². The van der Waals surface area contributed by atoms with Crippen molar-refractivity contribution in [3.8, 4) is 11.5 Å². The zero-order valence-electron chi connectivity index (χ0n) is 24.4. The van der Waals surface area contributed by atoms with Crippen LogP contribution in [-0.2, 0) is 30.2 Å². The third-order valence-electron chi connectivity index (χ3n) is 9.43. The Bertz CT molecular complexity index is 1260. The molecule has 2 unspecified atom stereocenters. The average Bonchev–Trinajstić information content (AvgIpc) is 3.21. The molecule has 41 heavy (non-hydrogen) atoms. The van der Waals surface area contributed by atoms with Gasteiger partial charge in [0.1, 0.15) is 5.76 Å². The smallest absolute Gasteiger partial charge is 0.339 e. The van der Waals surface area contributed by atoms with E-state index in [-0.39, 0.29) is 24.7 Å². The molecule has 1 aromatic carbocycles. The highest BCUT2D eigenvalue weighted by molar-refractivity contribution is 5.86. The SMILES string of the molecule is COC1=CC23CCCN2CCc2cc4c(cc2[C@@H]3C1OC(=O)[C@](O)(CC(=O)OCC1(C)CC1)CC(C)(C)O)OCO4. The van der Waals surface area contributed by atoms with Crippen LogP contribution < -0.4 is 9.47 Å². The second-order valence-corrected chi connectivity index (χ2v) is 13.5. The van der Waals surface area contributed by atoms with E-state index in [4.69, 9.17) is 23.7 Å². The molecule has 0 amide bonds. The molecule has 1 saturated carbocycles. The van der Waals surface area contributed by atoms with Crippen LogP contribution in [0.25, 0.3) is 0 Å². The molecule has 6 rings (SSSR count). The molecule has 0 bridgehead atoms. The molecule has 5 aliphatic rings. The third kappa shape index (κ3) is 5.19. The minimum absolute atomic E-state index is 0.0458. The maximum absolute atomic E-state index is 13.9. The van der Waals surface area contributed by atoms with Crippen LogP contribution in [0.5, 0.6) is 11.5 Å². The molecule has 2 fully saturated rings. The fraction of sp³-hybridized carbons (Fsp3) is 0.677. The van der Waals surface area contributed by atoms with Gasteiger partial charge in [-0.15, -0.1) is 0 Å². The predicted molar refractivity (Wildman–Crippen MR) is 146 cm³/mol. The number of rotatable bonds is 9. The Kier molecular flexibility index (Phi) is 6.82. The van der Waals surface area contributed by atoms with E-state index in [0.717, 1.165) is 56.3 Å². The third-order valence-corrected chi connectivity index (χ3v) is 9.43. The van der Waals surface area contributed by atoms with Gasteiger partial charge in [-0.1, -0.05) is 6.92 Å². The number of carbonyl (C=O) groups excluding carboxylic acids is 2. The topological polar surface area (TPSA) is 124 Å². The van der Waals surface area contributed by atoms with Crippen LogP contribution in [-0.4, -0.2) is 83.5 Å². The molecule has 1 spiro atoms. The summed E-state index contributed by atoms with van der Waals surface area (Å²) < 4.78 is 28.8. The van der Waals surface area contributed by atoms with E-state index in [0.29, 0.717) is 17.3 Å². The number of benzene rings is 1. The number of hydrogen-bond acceptors (Lipinski definition) is 10. The first-order valence-corrected chi connectivity index (χ1v) is 14.6. The summed E-state index contributed by atoms with van der Waals surface area (Å²) in [7, 11) is 1.55. The van der Waals surface area contributed by atoms with Crippen molar-refractivity contribution < 1.29 is 43.5 Å². The Hall–Kier alpha value is -2.82. The van der Waals surface area contributed by atoms with E-state index >= 15 is 0 Å². The molecule has 3 heterocycles. The van der Waals surface area contributed by atoms with Crippen molar-refractivity contribution in [3.63, 3.8) is 0 Å². The zero-order chi connectivity index (χ0) is 29.2. The Balaban J connectivity index is 1.33. The van der Waals surface area contributed by atoms with Crippen LogP contribution in [0, 0.1) is 5.41 Å². The zero-order valence-corrected chi connectivity index (χ0v) is 24.4. The van der Waals surface area contributed by atoms with Gasteiger partial charge in [0.05, 0.1) is 37.2 Å². The number of esters is 2. The first-order chi connectivity index (χ1) is 19.3. The molecule has 1 aromatic rings. The molecule has 10 heteroatoms. The molecule has 3 aliphatic heterocycles. The van der Waals surface area contributed by atoms with E-state index in [1.165, 1.54) is 13.8 Å². The van der Waals surface area contributed by atoms with Crippen molar-refractivity contribution in [1.29, 1.82) is 0 Å². The highest BCUT2D eigenvalue weighted by Gasteiger charge is 2.59. The summed E-state index contributed by atoms with van der Waals surface area (Å²) in [5.41, 5.74) is -2.17. The van der Waals surface area contributed by atoms with Gasteiger partial charge in [-0.3, -0.25) is 9.69 Å². The second-order valence-electron chi connectivity index (χ2n) is 13.5. The summed E-state index contributed by atoms with van der Waals surface area (Å²) in [6, 6.07) is 4.00. The lowest BCUT2D eigenvalue weighted by Gasteiger charge is -2.40. The van der Waals surface area contributed by atoms with Gasteiger partial charge in [0.15, 0.2) is 23.2 Å². The van der Waals surface area contributed by atoms with Gasteiger partial charge in [0.25, 0.3) is 0 Å². The average molecular weight is 572 g/mol. The Morgan fingerprint density at radius 1 is 1.12 bits per heavy atom. The molecule has 10 nitrogen and oxygen atoms in total. The van der Waals surface area contributed by atoms with Gasteiger partial charge in [-0.25, -0.2) is 4.79 Å². The number of methoxy groups -OCH3 is 1. The highest BCUT2D eigenvalue weighted by atomic mass is 16.7. The van der Waals surface area contributed by atoms with Gasteiger partial charge in [0.2, 0.25) is 6.79 Å². The number of ether oxygens (including phenoxy) is 5. The van der Waals surface area contributed by atoms with Gasteiger partial charge in [0, 0.05) is 18.4 Å². The fourth-order valence-electron chi connectivity index (χ4n) is 7.14. The normalized spacial score (nSPS) is 28.9. The van der Waals surface area contributed by atoms with Crippen LogP contribution in [0.2, 0.25) is 0 Å². The van der Waals surface area contributed by atoms with Crippen molar-refractivity contribution >= 4 is 11.9 Å². The van der Waals surface area contributed by atoms with Crippen molar-refractivity contribution in [3.05, 3.63) is 35.1 Å². The maximum atomic E-state index is 13.9. The van der Waals surface area contributed by atoms with Crippen LogP contribution in [0.3, 0.4) is 0 Å². The maximum Gasteiger partial charge on any atom is 0.339 e. The fourth-order valence-corrected chi connectivity index (χ4v) is 7.14. The summed E-state index contributed by atoms with van der Waals surface area (Å²) in [4.78, 5) is 29.2. The lowest BCUT2D eigenvalue weighted by atomic mass is 9.77. The minimum Gasteiger partial charge on any atom is -0.497 e. The lowest BCUT2D eigenvalue weighted by Crippen LogP contribution is -2.51. The number of carbonyl (C=O) groups is 2. The Morgan fingerprint density at radius 2 is 1.85 bits per heavy atom. The Labute approximate surface area is 240 Å². The highest BCUT2D eigenvalue weighted by Crippen LogP contribution is 2.56.